The molecule has 0 unspecified atom stereocenters. The van der Waals surface area contributed by atoms with Crippen LogP contribution in [0.4, 0.5) is 0 Å². The average Bonchev–Trinajstić information content (AvgIpc) is 1.82. The average molecular weight is 384 g/mol. The number of nitrogens with one attached hydrogen (secondary N) is 1. The van der Waals surface area contributed by atoms with Crippen LogP contribution in [0.1, 0.15) is 0 Å². The Labute approximate surface area is 91.5 Å². The molecule has 0 heterocycles. The minimum atomic E-state index is -1.04. The van der Waals surface area contributed by atoms with E-state index >= 15 is 0 Å². The van der Waals surface area contributed by atoms with Gasteiger partial charge in [0.25, 0.3) is 0 Å². The van der Waals surface area contributed by atoms with Gasteiger partial charge in [-0.15, -0.1) is 0 Å². The van der Waals surface area contributed by atoms with Crippen molar-refractivity contribution < 1.29 is 14.7 Å². The number of aliphatic carboxylic acids is 1. The molecule has 0 aromatic carbocycles. The largest absolute Gasteiger partial charge is 0.480 e. The summed E-state index contributed by atoms with van der Waals surface area (Å²) in [5.74, 6) is -1.33. The van der Waals surface area contributed by atoms with Gasteiger partial charge in [0.15, 0.2) is 0 Å². The third kappa shape index (κ3) is 8.26. The first kappa shape index (κ1) is 11.4. The number of carboxylic acid groups (broad SMARTS) is 1. The molecule has 0 spiro atoms. The molecule has 2 N–H and O–H groups in total. The van der Waals surface area contributed by atoms with Crippen molar-refractivity contribution in [3.8, 4) is 0 Å². The zero-order chi connectivity index (χ0) is 8.85. The highest BCUT2D eigenvalue weighted by molar-refractivity contribution is 14.2. The van der Waals surface area contributed by atoms with Gasteiger partial charge in [0, 0.05) is 45.7 Å². The van der Waals surface area contributed by atoms with Crippen LogP contribution in [0.2, 0.25) is 0 Å². The van der Waals surface area contributed by atoms with Crippen LogP contribution in [0.5, 0.6) is 0 Å². The van der Waals surface area contributed by atoms with Gasteiger partial charge >= 0.3 is 5.97 Å². The number of hydrogen-bond acceptors (Lipinski definition) is 3. The molecule has 5 nitrogen and oxygen atoms in total. The van der Waals surface area contributed by atoms with Crippen molar-refractivity contribution in [2.75, 3.05) is 13.1 Å². The lowest BCUT2D eigenvalue weighted by Gasteiger charge is -2.03. The van der Waals surface area contributed by atoms with Gasteiger partial charge in [-0.1, -0.05) is 0 Å². The summed E-state index contributed by atoms with van der Waals surface area (Å²) < 4.78 is 1.60. The zero-order valence-corrected chi connectivity index (χ0v) is 9.70. The fraction of sp³-hybridized carbons (Fsp3) is 0.500. The number of carboxylic acids is 1. The Bertz CT molecular complexity index is 161. The second-order valence-electron chi connectivity index (χ2n) is 1.63. The fourth-order valence-corrected chi connectivity index (χ4v) is 0.958. The molecule has 0 radical (unpaired) electrons. The number of rotatable bonds is 4. The molecule has 0 aliphatic heterocycles. The molecule has 7 heteroatoms. The highest BCUT2D eigenvalue weighted by atomic mass is 127. The molecule has 0 fully saturated rings. The molecule has 1 amide bonds. The first-order chi connectivity index (χ1) is 5.02. The standard InChI is InChI=1S/C4H6I2N2O3/c5-8(6)2-3(9)7-1-4(10)11/h1-2H2,(H,7,9)(H,10,11). The number of halogens is 2. The Hall–Kier alpha value is 0.360. The smallest absolute Gasteiger partial charge is 0.322 e. The molecule has 0 rings (SSSR count). The van der Waals surface area contributed by atoms with E-state index in [2.05, 4.69) is 5.32 Å². The fourth-order valence-electron chi connectivity index (χ4n) is 0.339. The Morgan fingerprint density at radius 1 is 1.45 bits per heavy atom. The van der Waals surface area contributed by atoms with E-state index in [1.807, 2.05) is 45.7 Å². The molecule has 0 aromatic heterocycles. The van der Waals surface area contributed by atoms with Crippen molar-refractivity contribution in [2.24, 2.45) is 0 Å². The van der Waals surface area contributed by atoms with Gasteiger partial charge in [0.1, 0.15) is 6.54 Å². The van der Waals surface area contributed by atoms with E-state index in [1.165, 1.54) is 0 Å². The van der Waals surface area contributed by atoms with Gasteiger partial charge in [0.05, 0.1) is 6.54 Å². The molecule has 0 saturated heterocycles. The van der Waals surface area contributed by atoms with E-state index in [0.717, 1.165) is 0 Å². The highest BCUT2D eigenvalue weighted by Crippen LogP contribution is 2.04. The topological polar surface area (TPSA) is 69.6 Å². The second-order valence-corrected chi connectivity index (χ2v) is 5.81. The molecule has 11 heavy (non-hydrogen) atoms. The normalized spacial score (nSPS) is 9.73. The highest BCUT2D eigenvalue weighted by Gasteiger charge is 2.05. The van der Waals surface area contributed by atoms with Gasteiger partial charge in [-0.3, -0.25) is 9.59 Å². The second kappa shape index (κ2) is 5.94. The molecular weight excluding hydrogens is 378 g/mol. The molecule has 0 atom stereocenters. The summed E-state index contributed by atoms with van der Waals surface area (Å²) in [5, 5.41) is 10.4. The minimum absolute atomic E-state index is 0.189. The van der Waals surface area contributed by atoms with Gasteiger partial charge in [-0.05, 0) is 0 Å². The van der Waals surface area contributed by atoms with Crippen molar-refractivity contribution in [3.05, 3.63) is 0 Å². The van der Waals surface area contributed by atoms with Crippen LogP contribution in [-0.2, 0) is 9.59 Å². The molecule has 0 aliphatic rings. The Morgan fingerprint density at radius 3 is 2.36 bits per heavy atom. The van der Waals surface area contributed by atoms with E-state index in [0.29, 0.717) is 0 Å². The molecule has 0 saturated carbocycles. The van der Waals surface area contributed by atoms with Gasteiger partial charge in [-0.25, -0.2) is 0 Å². The van der Waals surface area contributed by atoms with Crippen LogP contribution < -0.4 is 5.32 Å². The van der Waals surface area contributed by atoms with Crippen LogP contribution in [0.25, 0.3) is 0 Å². The van der Waals surface area contributed by atoms with E-state index in [1.54, 1.807) is 1.33 Å². The number of carbonyl (C=O) groups excluding carboxylic acids is 1. The van der Waals surface area contributed by atoms with Crippen LogP contribution in [0.15, 0.2) is 0 Å². The van der Waals surface area contributed by atoms with E-state index in [-0.39, 0.29) is 19.0 Å². The quantitative estimate of drug-likeness (QED) is 0.537. The van der Waals surface area contributed by atoms with Crippen LogP contribution >= 0.6 is 45.7 Å². The lowest BCUT2D eigenvalue weighted by Crippen LogP contribution is -2.33. The van der Waals surface area contributed by atoms with E-state index in [4.69, 9.17) is 5.11 Å². The van der Waals surface area contributed by atoms with Crippen molar-refractivity contribution in [1.82, 2.24) is 6.64 Å². The summed E-state index contributed by atoms with van der Waals surface area (Å²) in [6, 6.07) is 0. The predicted octanol–water partition coefficient (Wildman–Crippen LogP) is 0.189. The Morgan fingerprint density at radius 2 is 2.00 bits per heavy atom. The number of hydrogen-bond donors (Lipinski definition) is 2. The van der Waals surface area contributed by atoms with Gasteiger partial charge in [0.2, 0.25) is 5.91 Å². The van der Waals surface area contributed by atoms with Crippen molar-refractivity contribution in [2.45, 2.75) is 0 Å². The Balaban J connectivity index is 3.45. The number of amides is 1. The van der Waals surface area contributed by atoms with Crippen LogP contribution in [-0.4, -0.2) is 31.4 Å². The molecule has 0 aliphatic carbocycles. The minimum Gasteiger partial charge on any atom is -0.480 e. The third-order valence-electron chi connectivity index (χ3n) is 0.700. The van der Waals surface area contributed by atoms with Crippen LogP contribution in [0, 0.1) is 0 Å². The molecule has 0 aromatic rings. The predicted molar refractivity (Wildman–Crippen MR) is 55.4 cm³/mol. The monoisotopic (exact) mass is 384 g/mol. The van der Waals surface area contributed by atoms with Crippen molar-refractivity contribution >= 4 is 57.6 Å². The third-order valence-corrected chi connectivity index (χ3v) is 1.38. The van der Waals surface area contributed by atoms with E-state index < -0.39 is 5.97 Å². The van der Waals surface area contributed by atoms with Gasteiger partial charge in [-0.2, -0.15) is 1.33 Å². The molecule has 64 valence electrons. The first-order valence-electron chi connectivity index (χ1n) is 2.60. The SMILES string of the molecule is O=C(O)CNC(=O)CN(I)I. The number of nitrogens with zero attached hydrogens (tertiary/aromatic N) is 1. The first-order valence-corrected chi connectivity index (χ1v) is 4.53. The lowest BCUT2D eigenvalue weighted by molar-refractivity contribution is -0.137. The summed E-state index contributed by atoms with van der Waals surface area (Å²) >= 11 is 3.85. The lowest BCUT2D eigenvalue weighted by atomic mass is 10.5. The maximum Gasteiger partial charge on any atom is 0.322 e. The number of carbonyl (C=O) groups is 2. The summed E-state index contributed by atoms with van der Waals surface area (Å²) in [6.45, 7) is -0.131. The Kier molecular flexibility index (Phi) is 6.14. The summed E-state index contributed by atoms with van der Waals surface area (Å²) in [7, 11) is 0. The maximum absolute atomic E-state index is 10.7. The van der Waals surface area contributed by atoms with Crippen LogP contribution in [0.3, 0.4) is 0 Å². The molecular formula is C4H6I2N2O3. The molecule has 0 bridgehead atoms. The summed E-state index contributed by atoms with van der Waals surface area (Å²) in [4.78, 5) is 20.7. The van der Waals surface area contributed by atoms with Crippen molar-refractivity contribution in [3.63, 3.8) is 0 Å². The van der Waals surface area contributed by atoms with Crippen molar-refractivity contribution in [1.29, 1.82) is 0 Å². The summed E-state index contributed by atoms with van der Waals surface area (Å²) in [6.07, 6.45) is 0. The summed E-state index contributed by atoms with van der Waals surface area (Å²) in [5.41, 5.74) is 0. The van der Waals surface area contributed by atoms with E-state index in [9.17, 15) is 9.59 Å². The zero-order valence-electron chi connectivity index (χ0n) is 5.38. The van der Waals surface area contributed by atoms with Gasteiger partial charge < -0.3 is 10.4 Å². The maximum atomic E-state index is 10.7.